The molecule has 8 heteroatoms. The number of aryl methyl sites for hydroxylation is 2. The van der Waals surface area contributed by atoms with Crippen LogP contribution in [0.25, 0.3) is 0 Å². The van der Waals surface area contributed by atoms with Gasteiger partial charge in [-0.05, 0) is 49.2 Å². The Morgan fingerprint density at radius 2 is 1.75 bits per heavy atom. The molecule has 0 atom stereocenters. The van der Waals surface area contributed by atoms with Crippen molar-refractivity contribution in [3.05, 3.63) is 71.4 Å². The van der Waals surface area contributed by atoms with Crippen molar-refractivity contribution in [2.24, 2.45) is 0 Å². The highest BCUT2D eigenvalue weighted by Crippen LogP contribution is 2.18. The third kappa shape index (κ3) is 4.96. The minimum atomic E-state index is -3.57. The topological polar surface area (TPSA) is 85.5 Å². The summed E-state index contributed by atoms with van der Waals surface area (Å²) in [6, 6.07) is 14.6. The smallest absolute Gasteiger partial charge is 0.264 e. The molecule has 0 radical (unpaired) electrons. The monoisotopic (exact) mass is 401 g/mol. The second kappa shape index (κ2) is 8.53. The molecule has 1 aromatic heterocycles. The van der Waals surface area contributed by atoms with Crippen LogP contribution in [0, 0.1) is 13.8 Å². The van der Waals surface area contributed by atoms with Crippen molar-refractivity contribution in [1.82, 2.24) is 14.4 Å². The van der Waals surface area contributed by atoms with Crippen molar-refractivity contribution in [1.29, 1.82) is 0 Å². The quantitative estimate of drug-likeness (QED) is 0.576. The van der Waals surface area contributed by atoms with E-state index in [0.717, 1.165) is 11.1 Å². The number of likely N-dealkylation sites (N-methyl/N-ethyl adjacent to an activating group) is 1. The fraction of sp³-hybridized carbons (Fsp3) is 0.300. The van der Waals surface area contributed by atoms with Gasteiger partial charge in [-0.1, -0.05) is 29.4 Å². The summed E-state index contributed by atoms with van der Waals surface area (Å²) in [5.41, 5.74) is 1.82. The number of aromatic nitrogens is 2. The third-order valence-electron chi connectivity index (χ3n) is 4.17. The van der Waals surface area contributed by atoms with Crippen molar-refractivity contribution in [3.8, 4) is 5.75 Å². The first-order valence-electron chi connectivity index (χ1n) is 8.88. The van der Waals surface area contributed by atoms with E-state index in [4.69, 9.17) is 9.26 Å². The summed E-state index contributed by atoms with van der Waals surface area (Å²) in [5.74, 6) is 1.49. The molecule has 0 aliphatic carbocycles. The molecule has 0 N–H and O–H groups in total. The standard InChI is InChI=1S/C20H23N3O4S/c1-15-11-16(2)13-18(12-15)28(24,25)23(3)10-9-19-21-20(27-22-19)14-26-17-7-5-4-6-8-17/h4-8,11-13H,9-10,14H2,1-3H3. The first-order valence-corrected chi connectivity index (χ1v) is 10.3. The number of nitrogens with zero attached hydrogens (tertiary/aromatic N) is 3. The van der Waals surface area contributed by atoms with Gasteiger partial charge in [0, 0.05) is 20.0 Å². The molecule has 1 heterocycles. The second-order valence-corrected chi connectivity index (χ2v) is 8.65. The van der Waals surface area contributed by atoms with Crippen molar-refractivity contribution in [3.63, 3.8) is 0 Å². The van der Waals surface area contributed by atoms with Gasteiger partial charge in [0.05, 0.1) is 4.90 Å². The lowest BCUT2D eigenvalue weighted by Crippen LogP contribution is -2.29. The fourth-order valence-electron chi connectivity index (χ4n) is 2.75. The van der Waals surface area contributed by atoms with Crippen LogP contribution in [-0.4, -0.2) is 36.5 Å². The van der Waals surface area contributed by atoms with Crippen LogP contribution < -0.4 is 4.74 Å². The highest BCUT2D eigenvalue weighted by atomic mass is 32.2. The van der Waals surface area contributed by atoms with Crippen LogP contribution in [0.3, 0.4) is 0 Å². The van der Waals surface area contributed by atoms with E-state index in [-0.39, 0.29) is 18.0 Å². The number of benzene rings is 2. The van der Waals surface area contributed by atoms with Crippen molar-refractivity contribution < 1.29 is 17.7 Å². The van der Waals surface area contributed by atoms with Gasteiger partial charge in [0.15, 0.2) is 12.4 Å². The average Bonchev–Trinajstić information content (AvgIpc) is 3.12. The lowest BCUT2D eigenvalue weighted by atomic mass is 10.2. The maximum atomic E-state index is 12.8. The van der Waals surface area contributed by atoms with E-state index in [1.807, 2.05) is 50.2 Å². The molecule has 28 heavy (non-hydrogen) atoms. The first kappa shape index (κ1) is 20.0. The Labute approximate surface area is 165 Å². The van der Waals surface area contributed by atoms with E-state index in [0.29, 0.717) is 23.9 Å². The molecule has 7 nitrogen and oxygen atoms in total. The molecule has 0 saturated carbocycles. The number of hydrogen-bond acceptors (Lipinski definition) is 6. The summed E-state index contributed by atoms with van der Waals surface area (Å²) in [4.78, 5) is 4.55. The molecular weight excluding hydrogens is 378 g/mol. The molecule has 0 unspecified atom stereocenters. The van der Waals surface area contributed by atoms with Crippen LogP contribution in [0.2, 0.25) is 0 Å². The van der Waals surface area contributed by atoms with Gasteiger partial charge in [-0.3, -0.25) is 0 Å². The molecule has 2 aromatic carbocycles. The summed E-state index contributed by atoms with van der Waals surface area (Å²) in [5, 5.41) is 3.90. The summed E-state index contributed by atoms with van der Waals surface area (Å²) in [6.45, 7) is 4.16. The van der Waals surface area contributed by atoms with Crippen LogP contribution in [0.1, 0.15) is 22.8 Å². The molecule has 0 saturated heterocycles. The van der Waals surface area contributed by atoms with E-state index in [2.05, 4.69) is 10.1 Å². The predicted octanol–water partition coefficient (Wildman–Crippen LogP) is 3.13. The second-order valence-electron chi connectivity index (χ2n) is 6.61. The maximum Gasteiger partial charge on any atom is 0.264 e. The van der Waals surface area contributed by atoms with Gasteiger partial charge < -0.3 is 9.26 Å². The summed E-state index contributed by atoms with van der Waals surface area (Å²) in [6.07, 6.45) is 0.343. The Morgan fingerprint density at radius 3 is 2.43 bits per heavy atom. The number of para-hydroxylation sites is 1. The fourth-order valence-corrected chi connectivity index (χ4v) is 4.11. The van der Waals surface area contributed by atoms with E-state index < -0.39 is 10.0 Å². The maximum absolute atomic E-state index is 12.8. The highest BCUT2D eigenvalue weighted by Gasteiger charge is 2.22. The number of hydrogen-bond donors (Lipinski definition) is 0. The van der Waals surface area contributed by atoms with Gasteiger partial charge in [-0.2, -0.15) is 4.98 Å². The van der Waals surface area contributed by atoms with E-state index in [1.54, 1.807) is 19.2 Å². The minimum Gasteiger partial charge on any atom is -0.484 e. The van der Waals surface area contributed by atoms with Gasteiger partial charge in [-0.25, -0.2) is 12.7 Å². The van der Waals surface area contributed by atoms with Gasteiger partial charge in [0.25, 0.3) is 5.89 Å². The third-order valence-corrected chi connectivity index (χ3v) is 6.00. The summed E-state index contributed by atoms with van der Waals surface area (Å²) < 4.78 is 37.6. The Balaban J connectivity index is 1.58. The van der Waals surface area contributed by atoms with Crippen LogP contribution in [0.4, 0.5) is 0 Å². The van der Waals surface area contributed by atoms with Crippen molar-refractivity contribution in [2.45, 2.75) is 31.8 Å². The zero-order valence-electron chi connectivity index (χ0n) is 16.1. The minimum absolute atomic E-state index is 0.160. The lowest BCUT2D eigenvalue weighted by molar-refractivity contribution is 0.242. The molecule has 0 amide bonds. The van der Waals surface area contributed by atoms with E-state index in [1.165, 1.54) is 4.31 Å². The molecule has 148 valence electrons. The molecule has 3 aromatic rings. The zero-order valence-corrected chi connectivity index (χ0v) is 16.9. The van der Waals surface area contributed by atoms with Gasteiger partial charge in [0.1, 0.15) is 5.75 Å². The first-order chi connectivity index (χ1) is 13.3. The Kier molecular flexibility index (Phi) is 6.11. The van der Waals surface area contributed by atoms with Crippen molar-refractivity contribution in [2.75, 3.05) is 13.6 Å². The van der Waals surface area contributed by atoms with E-state index >= 15 is 0 Å². The van der Waals surface area contributed by atoms with Gasteiger partial charge in [-0.15, -0.1) is 0 Å². The Bertz CT molecular complexity index is 1010. The number of sulfonamides is 1. The molecule has 0 spiro atoms. The Morgan fingerprint density at radius 1 is 1.07 bits per heavy atom. The number of ether oxygens (including phenoxy) is 1. The average molecular weight is 401 g/mol. The SMILES string of the molecule is Cc1cc(C)cc(S(=O)(=O)N(C)CCc2noc(COc3ccccc3)n2)c1. The summed E-state index contributed by atoms with van der Waals surface area (Å²) >= 11 is 0. The lowest BCUT2D eigenvalue weighted by Gasteiger charge is -2.17. The molecule has 3 rings (SSSR count). The number of rotatable bonds is 8. The van der Waals surface area contributed by atoms with Gasteiger partial charge in [0.2, 0.25) is 10.0 Å². The normalized spacial score (nSPS) is 11.7. The molecular formula is C20H23N3O4S. The van der Waals surface area contributed by atoms with Gasteiger partial charge >= 0.3 is 0 Å². The van der Waals surface area contributed by atoms with Crippen LogP contribution >= 0.6 is 0 Å². The van der Waals surface area contributed by atoms with Crippen LogP contribution in [0.15, 0.2) is 57.9 Å². The van der Waals surface area contributed by atoms with Crippen LogP contribution in [-0.2, 0) is 23.1 Å². The molecule has 0 aliphatic heterocycles. The Hall–Kier alpha value is -2.71. The van der Waals surface area contributed by atoms with Crippen molar-refractivity contribution >= 4 is 10.0 Å². The van der Waals surface area contributed by atoms with Crippen LogP contribution in [0.5, 0.6) is 5.75 Å². The largest absolute Gasteiger partial charge is 0.484 e. The molecule has 0 aliphatic rings. The van der Waals surface area contributed by atoms with E-state index in [9.17, 15) is 8.42 Å². The molecule has 0 fully saturated rings. The predicted molar refractivity (Wildman–Crippen MR) is 105 cm³/mol. The highest BCUT2D eigenvalue weighted by molar-refractivity contribution is 7.89. The zero-order chi connectivity index (χ0) is 20.1. The molecule has 0 bridgehead atoms. The summed E-state index contributed by atoms with van der Waals surface area (Å²) in [7, 11) is -2.02.